The van der Waals surface area contributed by atoms with Crippen LogP contribution < -0.4 is 9.47 Å². The number of thiophene rings is 1. The Hall–Kier alpha value is -2.60. The van der Waals surface area contributed by atoms with Gasteiger partial charge in [-0.15, -0.1) is 11.3 Å². The Labute approximate surface area is 138 Å². The molecule has 6 heteroatoms. The lowest BCUT2D eigenvalue weighted by Crippen LogP contribution is -2.13. The number of ether oxygens (including phenoxy) is 3. The van der Waals surface area contributed by atoms with Crippen LogP contribution in [0, 0.1) is 0 Å². The molecule has 5 nitrogen and oxygen atoms in total. The molecule has 23 heavy (non-hydrogen) atoms. The van der Waals surface area contributed by atoms with E-state index in [4.69, 9.17) is 14.2 Å². The lowest BCUT2D eigenvalue weighted by atomic mass is 10.1. The minimum absolute atomic E-state index is 0.307. The highest BCUT2D eigenvalue weighted by Crippen LogP contribution is 2.24. The molecule has 0 radical (unpaired) electrons. The number of carbonyl (C=O) groups excluding carboxylic acids is 2. The lowest BCUT2D eigenvalue weighted by molar-refractivity contribution is -0.136. The van der Waals surface area contributed by atoms with E-state index in [9.17, 15) is 9.59 Å². The maximum atomic E-state index is 12.2. The molecule has 0 N–H and O–H groups in total. The number of hydrogen-bond acceptors (Lipinski definition) is 6. The molecule has 0 saturated carbocycles. The Bertz CT molecular complexity index is 704. The molecule has 1 aromatic heterocycles. The van der Waals surface area contributed by atoms with Gasteiger partial charge in [0, 0.05) is 11.0 Å². The molecule has 1 heterocycles. The van der Waals surface area contributed by atoms with E-state index in [1.807, 2.05) is 17.5 Å². The second-order valence-electron chi connectivity index (χ2n) is 4.45. The third kappa shape index (κ3) is 4.69. The molecule has 0 aliphatic rings. The van der Waals surface area contributed by atoms with Crippen LogP contribution in [0.2, 0.25) is 0 Å². The molecule has 0 amide bonds. The van der Waals surface area contributed by atoms with Crippen molar-refractivity contribution in [3.8, 4) is 11.5 Å². The molecule has 0 unspecified atom stereocenters. The Morgan fingerprint density at radius 1 is 1.17 bits per heavy atom. The number of rotatable bonds is 7. The fourth-order valence-electron chi connectivity index (χ4n) is 1.83. The van der Waals surface area contributed by atoms with Crippen molar-refractivity contribution in [1.29, 1.82) is 0 Å². The predicted molar refractivity (Wildman–Crippen MR) is 88.2 cm³/mol. The minimum Gasteiger partial charge on any atom is -0.497 e. The lowest BCUT2D eigenvalue weighted by Gasteiger charge is -2.09. The van der Waals surface area contributed by atoms with E-state index in [1.54, 1.807) is 24.3 Å². The zero-order valence-corrected chi connectivity index (χ0v) is 13.6. The van der Waals surface area contributed by atoms with Gasteiger partial charge in [0.2, 0.25) is 5.78 Å². The standard InChI is InChI=1S/C17H16O5S/c1-20-12-5-7-16(21-2)14(10-12)15(18)11-22-17(19)8-6-13-4-3-9-23-13/h3-10H,11H2,1-2H3. The van der Waals surface area contributed by atoms with Gasteiger partial charge in [0.1, 0.15) is 11.5 Å². The van der Waals surface area contributed by atoms with Gasteiger partial charge in [-0.1, -0.05) is 6.07 Å². The zero-order valence-electron chi connectivity index (χ0n) is 12.8. The average Bonchev–Trinajstić information content (AvgIpc) is 3.10. The molecule has 120 valence electrons. The Morgan fingerprint density at radius 2 is 2.00 bits per heavy atom. The molecular weight excluding hydrogens is 316 g/mol. The third-order valence-corrected chi connectivity index (χ3v) is 3.82. The van der Waals surface area contributed by atoms with Gasteiger partial charge in [-0.2, -0.15) is 0 Å². The monoisotopic (exact) mass is 332 g/mol. The maximum Gasteiger partial charge on any atom is 0.331 e. The molecule has 0 fully saturated rings. The van der Waals surface area contributed by atoms with Crippen LogP contribution in [0.15, 0.2) is 41.8 Å². The summed E-state index contributed by atoms with van der Waals surface area (Å²) >= 11 is 1.50. The van der Waals surface area contributed by atoms with Crippen molar-refractivity contribution in [3.63, 3.8) is 0 Å². The van der Waals surface area contributed by atoms with E-state index in [0.717, 1.165) is 4.88 Å². The highest BCUT2D eigenvalue weighted by atomic mass is 32.1. The fourth-order valence-corrected chi connectivity index (χ4v) is 2.45. The highest BCUT2D eigenvalue weighted by Gasteiger charge is 2.15. The molecule has 2 aromatic rings. The first-order chi connectivity index (χ1) is 11.1. The number of esters is 1. The van der Waals surface area contributed by atoms with Crippen molar-refractivity contribution in [2.24, 2.45) is 0 Å². The van der Waals surface area contributed by atoms with E-state index in [1.165, 1.54) is 31.6 Å². The van der Waals surface area contributed by atoms with Gasteiger partial charge < -0.3 is 14.2 Å². The highest BCUT2D eigenvalue weighted by molar-refractivity contribution is 7.10. The van der Waals surface area contributed by atoms with E-state index in [0.29, 0.717) is 17.1 Å². The van der Waals surface area contributed by atoms with E-state index >= 15 is 0 Å². The Morgan fingerprint density at radius 3 is 2.65 bits per heavy atom. The Balaban J connectivity index is 1.98. The van der Waals surface area contributed by atoms with Crippen LogP contribution in [0.3, 0.4) is 0 Å². The first kappa shape index (κ1) is 16.8. The van der Waals surface area contributed by atoms with Crippen LogP contribution in [-0.4, -0.2) is 32.6 Å². The van der Waals surface area contributed by atoms with Crippen molar-refractivity contribution in [2.75, 3.05) is 20.8 Å². The van der Waals surface area contributed by atoms with E-state index in [-0.39, 0.29) is 12.4 Å². The molecule has 0 bridgehead atoms. The zero-order chi connectivity index (χ0) is 16.7. The van der Waals surface area contributed by atoms with Gasteiger partial charge in [-0.05, 0) is 35.7 Å². The van der Waals surface area contributed by atoms with E-state index in [2.05, 4.69) is 0 Å². The normalized spacial score (nSPS) is 10.5. The van der Waals surface area contributed by atoms with Crippen molar-refractivity contribution in [2.45, 2.75) is 0 Å². The summed E-state index contributed by atoms with van der Waals surface area (Å²) in [6.45, 7) is -0.364. The minimum atomic E-state index is -0.575. The number of carbonyl (C=O) groups is 2. The summed E-state index contributed by atoms with van der Waals surface area (Å²) in [6.07, 6.45) is 2.94. The number of Topliss-reactive ketones (excluding diaryl/α,β-unsaturated/α-hetero) is 1. The SMILES string of the molecule is COc1ccc(OC)c(C(=O)COC(=O)C=Cc2cccs2)c1. The number of ketones is 1. The summed E-state index contributed by atoms with van der Waals surface area (Å²) in [5.74, 6) is -0.00807. The van der Waals surface area contributed by atoms with Crippen LogP contribution in [-0.2, 0) is 9.53 Å². The summed E-state index contributed by atoms with van der Waals surface area (Å²) < 4.78 is 15.2. The third-order valence-electron chi connectivity index (χ3n) is 2.98. The van der Waals surface area contributed by atoms with Gasteiger partial charge in [0.15, 0.2) is 6.61 Å². The summed E-state index contributed by atoms with van der Waals surface area (Å²) in [6, 6.07) is 8.63. The second kappa shape index (κ2) is 8.14. The number of hydrogen-bond donors (Lipinski definition) is 0. The van der Waals surface area contributed by atoms with Crippen LogP contribution in [0.25, 0.3) is 6.08 Å². The fraction of sp³-hybridized carbons (Fsp3) is 0.176. The van der Waals surface area contributed by atoms with Crippen LogP contribution >= 0.6 is 11.3 Å². The van der Waals surface area contributed by atoms with Gasteiger partial charge in [0.25, 0.3) is 0 Å². The summed E-state index contributed by atoms with van der Waals surface area (Å²) in [5, 5.41) is 1.91. The first-order valence-corrected chi connectivity index (χ1v) is 7.65. The summed E-state index contributed by atoms with van der Waals surface area (Å²) in [4.78, 5) is 24.8. The average molecular weight is 332 g/mol. The summed E-state index contributed by atoms with van der Waals surface area (Å²) in [5.41, 5.74) is 0.307. The summed E-state index contributed by atoms with van der Waals surface area (Å²) in [7, 11) is 2.97. The van der Waals surface area contributed by atoms with Crippen LogP contribution in [0.4, 0.5) is 0 Å². The molecule has 2 rings (SSSR count). The van der Waals surface area contributed by atoms with Gasteiger partial charge in [0.05, 0.1) is 19.8 Å². The van der Waals surface area contributed by atoms with Crippen molar-refractivity contribution < 1.29 is 23.8 Å². The van der Waals surface area contributed by atoms with Crippen molar-refractivity contribution >= 4 is 29.2 Å². The number of benzene rings is 1. The smallest absolute Gasteiger partial charge is 0.331 e. The van der Waals surface area contributed by atoms with Crippen LogP contribution in [0.5, 0.6) is 11.5 Å². The maximum absolute atomic E-state index is 12.2. The number of methoxy groups -OCH3 is 2. The second-order valence-corrected chi connectivity index (χ2v) is 5.43. The molecule has 0 aliphatic carbocycles. The quantitative estimate of drug-likeness (QED) is 0.443. The van der Waals surface area contributed by atoms with E-state index < -0.39 is 5.97 Å². The molecule has 0 aliphatic heterocycles. The molecule has 0 atom stereocenters. The molecule has 0 spiro atoms. The van der Waals surface area contributed by atoms with Gasteiger partial charge in [-0.25, -0.2) is 4.79 Å². The van der Waals surface area contributed by atoms with Gasteiger partial charge >= 0.3 is 5.97 Å². The molecule has 0 saturated heterocycles. The van der Waals surface area contributed by atoms with Gasteiger partial charge in [-0.3, -0.25) is 4.79 Å². The topological polar surface area (TPSA) is 61.8 Å². The Kier molecular flexibility index (Phi) is 5.94. The molecular formula is C17H16O5S. The molecule has 1 aromatic carbocycles. The van der Waals surface area contributed by atoms with Crippen LogP contribution in [0.1, 0.15) is 15.2 Å². The van der Waals surface area contributed by atoms with Crippen molar-refractivity contribution in [3.05, 3.63) is 52.2 Å². The van der Waals surface area contributed by atoms with Crippen molar-refractivity contribution in [1.82, 2.24) is 0 Å². The largest absolute Gasteiger partial charge is 0.497 e. The predicted octanol–water partition coefficient (Wildman–Crippen LogP) is 3.20. The first-order valence-electron chi connectivity index (χ1n) is 6.77.